The topological polar surface area (TPSA) is 37.8 Å². The first-order valence-electron chi connectivity index (χ1n) is 7.82. The van der Waals surface area contributed by atoms with Gasteiger partial charge in [0.15, 0.2) is 0 Å². The molecule has 3 rings (SSSR count). The zero-order valence-electron chi connectivity index (χ0n) is 12.8. The zero-order chi connectivity index (χ0) is 14.5. The number of ether oxygens (including phenoxy) is 2. The zero-order valence-corrected chi connectivity index (χ0v) is 12.8. The summed E-state index contributed by atoms with van der Waals surface area (Å²) >= 11 is 0. The highest BCUT2D eigenvalue weighted by Gasteiger charge is 2.36. The molecule has 1 aromatic heterocycles. The predicted octanol–water partition coefficient (Wildman–Crippen LogP) is 1.00. The lowest BCUT2D eigenvalue weighted by molar-refractivity contribution is 0.0220. The average molecular weight is 291 g/mol. The third-order valence-electron chi connectivity index (χ3n) is 4.41. The normalized spacial score (nSPS) is 26.9. The van der Waals surface area contributed by atoms with Crippen LogP contribution in [0.25, 0.3) is 0 Å². The Morgan fingerprint density at radius 2 is 2.19 bits per heavy atom. The van der Waals surface area contributed by atoms with E-state index in [1.165, 1.54) is 0 Å². The molecule has 21 heavy (non-hydrogen) atoms. The van der Waals surface area contributed by atoms with Gasteiger partial charge in [-0.05, 0) is 18.6 Å². The van der Waals surface area contributed by atoms with Gasteiger partial charge >= 0.3 is 0 Å². The second kappa shape index (κ2) is 7.31. The van der Waals surface area contributed by atoms with Gasteiger partial charge in [-0.15, -0.1) is 0 Å². The van der Waals surface area contributed by atoms with Crippen LogP contribution in [-0.2, 0) is 16.0 Å². The van der Waals surface area contributed by atoms with Gasteiger partial charge in [0.05, 0.1) is 25.0 Å². The Hall–Kier alpha value is -1.01. The lowest BCUT2D eigenvalue weighted by atomic mass is 10.1. The van der Waals surface area contributed by atoms with E-state index < -0.39 is 0 Å². The lowest BCUT2D eigenvalue weighted by Gasteiger charge is -2.37. The summed E-state index contributed by atoms with van der Waals surface area (Å²) in [5, 5.41) is 0. The maximum atomic E-state index is 5.89. The van der Waals surface area contributed by atoms with Crippen LogP contribution >= 0.6 is 0 Å². The molecule has 0 radical (unpaired) electrons. The summed E-state index contributed by atoms with van der Waals surface area (Å²) in [5.41, 5.74) is 1.16. The summed E-state index contributed by atoms with van der Waals surface area (Å²) in [7, 11) is 1.72. The molecule has 1 aromatic rings. The van der Waals surface area contributed by atoms with Crippen LogP contribution in [-0.4, -0.2) is 73.4 Å². The molecule has 0 spiro atoms. The van der Waals surface area contributed by atoms with E-state index in [4.69, 9.17) is 9.47 Å². The largest absolute Gasteiger partial charge is 0.382 e. The Kier molecular flexibility index (Phi) is 5.19. The van der Waals surface area contributed by atoms with Gasteiger partial charge in [-0.2, -0.15) is 0 Å². The Bertz CT molecular complexity index is 429. The molecular formula is C16H25N3O2. The molecule has 3 heterocycles. The molecule has 0 aliphatic carbocycles. The summed E-state index contributed by atoms with van der Waals surface area (Å²) in [6.07, 6.45) is 3.39. The third-order valence-corrected chi connectivity index (χ3v) is 4.41. The first-order valence-corrected chi connectivity index (χ1v) is 7.82. The third kappa shape index (κ3) is 4.01. The minimum atomic E-state index is 0.375. The second-order valence-corrected chi connectivity index (χ2v) is 5.93. The van der Waals surface area contributed by atoms with Gasteiger partial charge < -0.3 is 9.47 Å². The highest BCUT2D eigenvalue weighted by Crippen LogP contribution is 2.24. The summed E-state index contributed by atoms with van der Waals surface area (Å²) in [6.45, 7) is 6.82. The molecule has 5 heteroatoms. The van der Waals surface area contributed by atoms with Gasteiger partial charge in [0.2, 0.25) is 0 Å². The van der Waals surface area contributed by atoms with Crippen LogP contribution in [0.2, 0.25) is 0 Å². The molecule has 2 aliphatic heterocycles. The van der Waals surface area contributed by atoms with Crippen molar-refractivity contribution in [3.8, 4) is 0 Å². The van der Waals surface area contributed by atoms with E-state index in [0.29, 0.717) is 25.4 Å². The number of aromatic nitrogens is 1. The first-order chi connectivity index (χ1) is 10.3. The van der Waals surface area contributed by atoms with Gasteiger partial charge in [-0.1, -0.05) is 6.07 Å². The molecule has 2 fully saturated rings. The average Bonchev–Trinajstić information content (AvgIpc) is 2.90. The number of methoxy groups -OCH3 is 1. The molecule has 2 saturated heterocycles. The maximum Gasteiger partial charge on any atom is 0.0718 e. The monoisotopic (exact) mass is 291 g/mol. The molecule has 0 saturated carbocycles. The number of pyridine rings is 1. The second-order valence-electron chi connectivity index (χ2n) is 5.93. The van der Waals surface area contributed by atoms with Gasteiger partial charge in [0.25, 0.3) is 0 Å². The Balaban J connectivity index is 1.47. The van der Waals surface area contributed by atoms with E-state index >= 15 is 0 Å². The maximum absolute atomic E-state index is 5.89. The number of rotatable bonds is 6. The van der Waals surface area contributed by atoms with Crippen LogP contribution in [0.3, 0.4) is 0 Å². The van der Waals surface area contributed by atoms with E-state index in [0.717, 1.165) is 44.8 Å². The fourth-order valence-corrected chi connectivity index (χ4v) is 3.34. The summed E-state index contributed by atoms with van der Waals surface area (Å²) < 4.78 is 10.9. The number of nitrogens with zero attached hydrogens (tertiary/aromatic N) is 3. The SMILES string of the molecule is COCCO[C@@H]1C[C@H]2CN(Cc3ccccn3)CCN2C1. The van der Waals surface area contributed by atoms with Crippen molar-refractivity contribution in [3.63, 3.8) is 0 Å². The van der Waals surface area contributed by atoms with E-state index in [1.807, 2.05) is 12.3 Å². The number of hydrogen-bond donors (Lipinski definition) is 0. The Morgan fingerprint density at radius 1 is 1.24 bits per heavy atom. The van der Waals surface area contributed by atoms with Crippen molar-refractivity contribution in [1.82, 2.24) is 14.8 Å². The van der Waals surface area contributed by atoms with Crippen LogP contribution in [0.5, 0.6) is 0 Å². The standard InChI is InChI=1S/C16H25N3O2/c1-20-8-9-21-16-10-15-12-18(6-7-19(15)13-16)11-14-4-2-3-5-17-14/h2-5,15-16H,6-13H2,1H3/t15-,16+/m0/s1. The molecule has 0 aromatic carbocycles. The van der Waals surface area contributed by atoms with Crippen LogP contribution < -0.4 is 0 Å². The minimum Gasteiger partial charge on any atom is -0.382 e. The molecular weight excluding hydrogens is 266 g/mol. The Labute approximate surface area is 126 Å². The van der Waals surface area contributed by atoms with Crippen molar-refractivity contribution in [2.24, 2.45) is 0 Å². The van der Waals surface area contributed by atoms with E-state index in [9.17, 15) is 0 Å². The van der Waals surface area contributed by atoms with Crippen LogP contribution in [0, 0.1) is 0 Å². The van der Waals surface area contributed by atoms with Crippen molar-refractivity contribution < 1.29 is 9.47 Å². The van der Waals surface area contributed by atoms with Crippen molar-refractivity contribution >= 4 is 0 Å². The molecule has 0 bridgehead atoms. The molecule has 2 atom stereocenters. The van der Waals surface area contributed by atoms with E-state index in [2.05, 4.69) is 26.9 Å². The van der Waals surface area contributed by atoms with Crippen molar-refractivity contribution in [2.45, 2.75) is 25.1 Å². The van der Waals surface area contributed by atoms with Gasteiger partial charge in [-0.25, -0.2) is 0 Å². The fraction of sp³-hybridized carbons (Fsp3) is 0.688. The van der Waals surface area contributed by atoms with E-state index in [-0.39, 0.29) is 0 Å². The predicted molar refractivity (Wildman–Crippen MR) is 81.1 cm³/mol. The highest BCUT2D eigenvalue weighted by molar-refractivity contribution is 5.04. The summed E-state index contributed by atoms with van der Waals surface area (Å²) in [5.74, 6) is 0. The van der Waals surface area contributed by atoms with Gasteiger partial charge in [-0.3, -0.25) is 14.8 Å². The smallest absolute Gasteiger partial charge is 0.0718 e. The highest BCUT2D eigenvalue weighted by atomic mass is 16.5. The number of fused-ring (bicyclic) bond motifs is 1. The fourth-order valence-electron chi connectivity index (χ4n) is 3.34. The lowest BCUT2D eigenvalue weighted by Crippen LogP contribution is -2.49. The first kappa shape index (κ1) is 14.9. The van der Waals surface area contributed by atoms with Crippen LogP contribution in [0.1, 0.15) is 12.1 Å². The minimum absolute atomic E-state index is 0.375. The van der Waals surface area contributed by atoms with Crippen molar-refractivity contribution in [1.29, 1.82) is 0 Å². The van der Waals surface area contributed by atoms with E-state index in [1.54, 1.807) is 7.11 Å². The molecule has 0 unspecified atom stereocenters. The van der Waals surface area contributed by atoms with Crippen molar-refractivity contribution in [2.75, 3.05) is 46.5 Å². The summed E-state index contributed by atoms with van der Waals surface area (Å²) in [6, 6.07) is 6.78. The molecule has 0 N–H and O–H groups in total. The molecule has 116 valence electrons. The molecule has 2 aliphatic rings. The molecule has 5 nitrogen and oxygen atoms in total. The Morgan fingerprint density at radius 3 is 3.00 bits per heavy atom. The summed E-state index contributed by atoms with van der Waals surface area (Å²) in [4.78, 5) is 9.52. The van der Waals surface area contributed by atoms with Gasteiger partial charge in [0, 0.05) is 52.1 Å². The quantitative estimate of drug-likeness (QED) is 0.731. The van der Waals surface area contributed by atoms with Crippen molar-refractivity contribution in [3.05, 3.63) is 30.1 Å². The van der Waals surface area contributed by atoms with Crippen LogP contribution in [0.15, 0.2) is 24.4 Å². The molecule has 0 amide bonds. The number of hydrogen-bond acceptors (Lipinski definition) is 5. The number of piperazine rings is 1. The van der Waals surface area contributed by atoms with Gasteiger partial charge in [0.1, 0.15) is 0 Å². The van der Waals surface area contributed by atoms with Crippen LogP contribution in [0.4, 0.5) is 0 Å².